The van der Waals surface area contributed by atoms with Crippen molar-refractivity contribution >= 4 is 27.3 Å². The number of rotatable bonds is 7. The summed E-state index contributed by atoms with van der Waals surface area (Å²) in [5.41, 5.74) is 1.02. The number of amides is 1. The molecule has 0 aromatic heterocycles. The SMILES string of the molecule is C=CCOc1ccc(NC(=O)C2(C)CCCN(c3ccc(OC)cc3)S2(=O)=O)cc1. The molecule has 0 radical (unpaired) electrons. The van der Waals surface area contributed by atoms with Crippen LogP contribution in [0.5, 0.6) is 11.5 Å². The van der Waals surface area contributed by atoms with E-state index in [9.17, 15) is 13.2 Å². The molecule has 1 aliphatic heterocycles. The monoisotopic (exact) mass is 430 g/mol. The smallest absolute Gasteiger partial charge is 0.249 e. The Hall–Kier alpha value is -3.00. The summed E-state index contributed by atoms with van der Waals surface area (Å²) in [6.45, 7) is 5.78. The molecule has 1 fully saturated rings. The lowest BCUT2D eigenvalue weighted by atomic mass is 10.0. The maximum atomic E-state index is 13.4. The van der Waals surface area contributed by atoms with E-state index < -0.39 is 20.7 Å². The number of carbonyl (C=O) groups excluding carboxylic acids is 1. The summed E-state index contributed by atoms with van der Waals surface area (Å²) in [4.78, 5) is 13.1. The van der Waals surface area contributed by atoms with Gasteiger partial charge in [0.1, 0.15) is 18.1 Å². The topological polar surface area (TPSA) is 84.9 Å². The van der Waals surface area contributed by atoms with Crippen molar-refractivity contribution in [1.29, 1.82) is 0 Å². The van der Waals surface area contributed by atoms with E-state index in [1.54, 1.807) is 61.7 Å². The molecule has 7 nitrogen and oxygen atoms in total. The van der Waals surface area contributed by atoms with Gasteiger partial charge in [0.05, 0.1) is 12.8 Å². The Bertz CT molecular complexity index is 1000. The van der Waals surface area contributed by atoms with Crippen LogP contribution in [0.1, 0.15) is 19.8 Å². The van der Waals surface area contributed by atoms with Gasteiger partial charge in [-0.2, -0.15) is 0 Å². The molecule has 1 aliphatic rings. The summed E-state index contributed by atoms with van der Waals surface area (Å²) < 4.78 is 37.1. The Balaban J connectivity index is 1.80. The number of sulfonamides is 1. The fourth-order valence-electron chi connectivity index (χ4n) is 3.35. The second-order valence-electron chi connectivity index (χ2n) is 7.19. The summed E-state index contributed by atoms with van der Waals surface area (Å²) >= 11 is 0. The maximum Gasteiger partial charge on any atom is 0.249 e. The van der Waals surface area contributed by atoms with Crippen LogP contribution in [0.3, 0.4) is 0 Å². The maximum absolute atomic E-state index is 13.4. The van der Waals surface area contributed by atoms with Gasteiger partial charge in [0.15, 0.2) is 4.75 Å². The third kappa shape index (κ3) is 4.14. The third-order valence-corrected chi connectivity index (χ3v) is 7.70. The molecule has 2 aromatic rings. The second-order valence-corrected chi connectivity index (χ2v) is 9.48. The Morgan fingerprint density at radius 1 is 1.17 bits per heavy atom. The standard InChI is InChI=1S/C22H26N2O5S/c1-4-16-29-20-10-6-17(7-11-20)23-21(25)22(2)14-5-15-24(30(22,26)27)18-8-12-19(28-3)13-9-18/h4,6-13H,1,5,14-16H2,2-3H3,(H,23,25). The van der Waals surface area contributed by atoms with Gasteiger partial charge in [0.2, 0.25) is 15.9 Å². The van der Waals surface area contributed by atoms with Gasteiger partial charge >= 0.3 is 0 Å². The highest BCUT2D eigenvalue weighted by Crippen LogP contribution is 2.36. The highest BCUT2D eigenvalue weighted by molar-refractivity contribution is 7.95. The number of anilines is 2. The molecule has 0 saturated carbocycles. The normalized spacial score (nSPS) is 20.3. The molecule has 8 heteroatoms. The summed E-state index contributed by atoms with van der Waals surface area (Å²) in [7, 11) is -2.38. The van der Waals surface area contributed by atoms with Crippen LogP contribution in [0, 0.1) is 0 Å². The number of carbonyl (C=O) groups is 1. The summed E-state index contributed by atoms with van der Waals surface area (Å²) in [5, 5.41) is 2.74. The van der Waals surface area contributed by atoms with E-state index in [2.05, 4.69) is 11.9 Å². The van der Waals surface area contributed by atoms with Crippen LogP contribution < -0.4 is 19.1 Å². The van der Waals surface area contributed by atoms with Crippen molar-refractivity contribution in [3.05, 3.63) is 61.2 Å². The van der Waals surface area contributed by atoms with Gasteiger partial charge in [0.25, 0.3) is 0 Å². The Morgan fingerprint density at radius 2 is 1.80 bits per heavy atom. The van der Waals surface area contributed by atoms with Crippen molar-refractivity contribution in [2.45, 2.75) is 24.5 Å². The zero-order valence-electron chi connectivity index (χ0n) is 17.1. The van der Waals surface area contributed by atoms with E-state index in [-0.39, 0.29) is 6.42 Å². The molecule has 30 heavy (non-hydrogen) atoms. The minimum atomic E-state index is -3.93. The number of benzene rings is 2. The van der Waals surface area contributed by atoms with Crippen LogP contribution in [0.2, 0.25) is 0 Å². The average molecular weight is 431 g/mol. The first-order valence-electron chi connectivity index (χ1n) is 9.63. The molecule has 160 valence electrons. The van der Waals surface area contributed by atoms with Crippen molar-refractivity contribution in [3.8, 4) is 11.5 Å². The largest absolute Gasteiger partial charge is 0.497 e. The lowest BCUT2D eigenvalue weighted by molar-refractivity contribution is -0.118. The molecule has 1 saturated heterocycles. The molecule has 3 rings (SSSR count). The van der Waals surface area contributed by atoms with E-state index in [0.717, 1.165) is 0 Å². The highest BCUT2D eigenvalue weighted by atomic mass is 32.2. The van der Waals surface area contributed by atoms with Crippen LogP contribution >= 0.6 is 0 Å². The van der Waals surface area contributed by atoms with Crippen LogP contribution in [-0.2, 0) is 14.8 Å². The lowest BCUT2D eigenvalue weighted by Crippen LogP contribution is -2.57. The third-order valence-electron chi connectivity index (χ3n) is 5.20. The van der Waals surface area contributed by atoms with Gasteiger partial charge in [-0.15, -0.1) is 0 Å². The van der Waals surface area contributed by atoms with Crippen molar-refractivity contribution in [1.82, 2.24) is 0 Å². The number of hydrogen-bond donors (Lipinski definition) is 1. The fourth-order valence-corrected chi connectivity index (χ4v) is 5.30. The van der Waals surface area contributed by atoms with Crippen molar-refractivity contribution < 1.29 is 22.7 Å². The number of nitrogens with one attached hydrogen (secondary N) is 1. The first-order chi connectivity index (χ1) is 14.3. The summed E-state index contributed by atoms with van der Waals surface area (Å²) in [5.74, 6) is 0.713. The molecular weight excluding hydrogens is 404 g/mol. The van der Waals surface area contributed by atoms with Crippen LogP contribution in [0.25, 0.3) is 0 Å². The van der Waals surface area contributed by atoms with Crippen LogP contribution in [-0.4, -0.2) is 39.3 Å². The molecule has 1 N–H and O–H groups in total. The Labute approximate surface area is 177 Å². The zero-order chi connectivity index (χ0) is 21.8. The quantitative estimate of drug-likeness (QED) is 0.679. The Morgan fingerprint density at radius 3 is 2.40 bits per heavy atom. The zero-order valence-corrected chi connectivity index (χ0v) is 17.9. The first-order valence-corrected chi connectivity index (χ1v) is 11.1. The van der Waals surface area contributed by atoms with Crippen LogP contribution in [0.4, 0.5) is 11.4 Å². The number of methoxy groups -OCH3 is 1. The highest BCUT2D eigenvalue weighted by Gasteiger charge is 2.52. The van der Waals surface area contributed by atoms with Crippen molar-refractivity contribution in [2.24, 2.45) is 0 Å². The van der Waals surface area contributed by atoms with E-state index in [0.29, 0.717) is 42.4 Å². The molecule has 0 aliphatic carbocycles. The average Bonchev–Trinajstić information content (AvgIpc) is 2.75. The van der Waals surface area contributed by atoms with E-state index in [1.807, 2.05) is 0 Å². The van der Waals surface area contributed by atoms with Crippen LogP contribution in [0.15, 0.2) is 61.2 Å². The summed E-state index contributed by atoms with van der Waals surface area (Å²) in [6, 6.07) is 13.5. The first kappa shape index (κ1) is 21.7. The molecule has 2 aromatic carbocycles. The minimum Gasteiger partial charge on any atom is -0.497 e. The van der Waals surface area contributed by atoms with Gasteiger partial charge < -0.3 is 14.8 Å². The molecule has 0 spiro atoms. The second kappa shape index (κ2) is 8.79. The molecule has 1 heterocycles. The molecule has 1 atom stereocenters. The van der Waals surface area contributed by atoms with E-state index >= 15 is 0 Å². The van der Waals surface area contributed by atoms with Gasteiger partial charge in [-0.05, 0) is 68.3 Å². The fraction of sp³-hybridized carbons (Fsp3) is 0.318. The van der Waals surface area contributed by atoms with Gasteiger partial charge in [-0.1, -0.05) is 12.7 Å². The number of ether oxygens (including phenoxy) is 2. The summed E-state index contributed by atoms with van der Waals surface area (Å²) in [6.07, 6.45) is 2.46. The molecule has 1 unspecified atom stereocenters. The predicted molar refractivity (Wildman–Crippen MR) is 118 cm³/mol. The van der Waals surface area contributed by atoms with Crippen molar-refractivity contribution in [3.63, 3.8) is 0 Å². The number of hydrogen-bond acceptors (Lipinski definition) is 5. The lowest BCUT2D eigenvalue weighted by Gasteiger charge is -2.39. The molecule has 1 amide bonds. The van der Waals surface area contributed by atoms with Gasteiger partial charge in [-0.3, -0.25) is 9.10 Å². The predicted octanol–water partition coefficient (Wildman–Crippen LogP) is 3.59. The van der Waals surface area contributed by atoms with E-state index in [4.69, 9.17) is 9.47 Å². The number of nitrogens with zero attached hydrogens (tertiary/aromatic N) is 1. The minimum absolute atomic E-state index is 0.244. The van der Waals surface area contributed by atoms with E-state index in [1.165, 1.54) is 11.2 Å². The van der Waals surface area contributed by atoms with Gasteiger partial charge in [-0.25, -0.2) is 8.42 Å². The van der Waals surface area contributed by atoms with Gasteiger partial charge in [0, 0.05) is 12.2 Å². The Kier molecular flexibility index (Phi) is 6.36. The molecular formula is C22H26N2O5S. The van der Waals surface area contributed by atoms with Crippen molar-refractivity contribution in [2.75, 3.05) is 29.9 Å². The molecule has 0 bridgehead atoms.